The first-order valence-electron chi connectivity index (χ1n) is 9.57. The SMILES string of the molecule is COc1ccc2c(c1)c1c(NCCCN3CCCC3)ncc(C)c1n2C.Cl.Cl. The van der Waals surface area contributed by atoms with Gasteiger partial charge in [-0.3, -0.25) is 0 Å². The van der Waals surface area contributed by atoms with Crippen molar-refractivity contribution in [3.05, 3.63) is 30.0 Å². The van der Waals surface area contributed by atoms with Gasteiger partial charge in [0.2, 0.25) is 0 Å². The second-order valence-corrected chi connectivity index (χ2v) is 7.28. The molecule has 4 rings (SSSR count). The van der Waals surface area contributed by atoms with Gasteiger partial charge in [0.05, 0.1) is 18.0 Å². The molecule has 1 aromatic carbocycles. The second-order valence-electron chi connectivity index (χ2n) is 7.28. The molecule has 28 heavy (non-hydrogen) atoms. The zero-order valence-corrected chi connectivity index (χ0v) is 18.5. The number of ether oxygens (including phenoxy) is 1. The summed E-state index contributed by atoms with van der Waals surface area (Å²) in [5.74, 6) is 1.86. The molecule has 7 heteroatoms. The average Bonchev–Trinajstić information content (AvgIpc) is 3.27. The summed E-state index contributed by atoms with van der Waals surface area (Å²) in [6, 6.07) is 6.27. The number of nitrogens with one attached hydrogen (secondary N) is 1. The molecule has 0 atom stereocenters. The van der Waals surface area contributed by atoms with E-state index in [1.54, 1.807) is 7.11 Å². The molecular weight excluding hydrogens is 395 g/mol. The number of rotatable bonds is 6. The summed E-state index contributed by atoms with van der Waals surface area (Å²) in [5.41, 5.74) is 3.64. The van der Waals surface area contributed by atoms with E-state index >= 15 is 0 Å². The number of pyridine rings is 1. The van der Waals surface area contributed by atoms with Gasteiger partial charge in [0.1, 0.15) is 11.6 Å². The topological polar surface area (TPSA) is 42.3 Å². The second kappa shape index (κ2) is 9.68. The molecule has 154 valence electrons. The van der Waals surface area contributed by atoms with Crippen LogP contribution in [0.15, 0.2) is 24.4 Å². The fourth-order valence-electron chi connectivity index (χ4n) is 4.19. The average molecular weight is 425 g/mol. The maximum Gasteiger partial charge on any atom is 0.136 e. The summed E-state index contributed by atoms with van der Waals surface area (Å²) in [7, 11) is 3.84. The Bertz CT molecular complexity index is 935. The van der Waals surface area contributed by atoms with Crippen molar-refractivity contribution >= 4 is 52.4 Å². The highest BCUT2D eigenvalue weighted by Gasteiger charge is 2.16. The first-order chi connectivity index (χ1) is 12.7. The number of anilines is 1. The van der Waals surface area contributed by atoms with Crippen LogP contribution in [-0.2, 0) is 7.05 Å². The van der Waals surface area contributed by atoms with Gasteiger partial charge in [-0.2, -0.15) is 0 Å². The van der Waals surface area contributed by atoms with Crippen molar-refractivity contribution in [1.82, 2.24) is 14.5 Å². The lowest BCUT2D eigenvalue weighted by atomic mass is 10.1. The summed E-state index contributed by atoms with van der Waals surface area (Å²) >= 11 is 0. The number of nitrogens with zero attached hydrogens (tertiary/aromatic N) is 3. The highest BCUT2D eigenvalue weighted by atomic mass is 35.5. The van der Waals surface area contributed by atoms with Gasteiger partial charge >= 0.3 is 0 Å². The van der Waals surface area contributed by atoms with Gasteiger partial charge in [0.25, 0.3) is 0 Å². The number of hydrogen-bond acceptors (Lipinski definition) is 4. The van der Waals surface area contributed by atoms with Crippen molar-refractivity contribution in [2.45, 2.75) is 26.2 Å². The van der Waals surface area contributed by atoms with Crippen LogP contribution in [0, 0.1) is 6.92 Å². The van der Waals surface area contributed by atoms with Crippen LogP contribution in [0.5, 0.6) is 5.75 Å². The lowest BCUT2D eigenvalue weighted by Gasteiger charge is -2.15. The summed E-state index contributed by atoms with van der Waals surface area (Å²) in [4.78, 5) is 7.27. The van der Waals surface area contributed by atoms with Crippen molar-refractivity contribution in [3.63, 3.8) is 0 Å². The largest absolute Gasteiger partial charge is 0.497 e. The van der Waals surface area contributed by atoms with E-state index in [2.05, 4.69) is 40.9 Å². The van der Waals surface area contributed by atoms with E-state index in [0.717, 1.165) is 24.5 Å². The molecule has 0 bridgehead atoms. The molecule has 0 saturated carbocycles. The van der Waals surface area contributed by atoms with Crippen LogP contribution >= 0.6 is 24.8 Å². The Balaban J connectivity index is 0.00000140. The maximum atomic E-state index is 5.45. The number of benzene rings is 1. The highest BCUT2D eigenvalue weighted by Crippen LogP contribution is 2.36. The quantitative estimate of drug-likeness (QED) is 0.577. The lowest BCUT2D eigenvalue weighted by Crippen LogP contribution is -2.22. The molecule has 0 aliphatic carbocycles. The first-order valence-corrected chi connectivity index (χ1v) is 9.57. The molecule has 3 aromatic rings. The van der Waals surface area contributed by atoms with E-state index in [-0.39, 0.29) is 24.8 Å². The van der Waals surface area contributed by atoms with Crippen LogP contribution < -0.4 is 10.1 Å². The molecule has 2 aromatic heterocycles. The summed E-state index contributed by atoms with van der Waals surface area (Å²) < 4.78 is 7.71. The van der Waals surface area contributed by atoms with Gasteiger partial charge < -0.3 is 19.5 Å². The minimum Gasteiger partial charge on any atom is -0.497 e. The zero-order valence-electron chi connectivity index (χ0n) is 16.8. The van der Waals surface area contributed by atoms with Crippen LogP contribution in [0.1, 0.15) is 24.8 Å². The van der Waals surface area contributed by atoms with Crippen molar-refractivity contribution in [3.8, 4) is 5.75 Å². The summed E-state index contributed by atoms with van der Waals surface area (Å²) in [6.07, 6.45) is 5.82. The van der Waals surface area contributed by atoms with Gasteiger partial charge in [0.15, 0.2) is 0 Å². The van der Waals surface area contributed by atoms with E-state index < -0.39 is 0 Å². The number of methoxy groups -OCH3 is 1. The standard InChI is InChI=1S/C21H28N4O.2ClH/c1-15-14-23-21(22-9-6-12-25-10-4-5-11-25)19-17-13-16(26-3)7-8-18(17)24(2)20(15)19;;/h7-8,13-14H,4-6,9-12H2,1-3H3,(H,22,23);2*1H. The van der Waals surface area contributed by atoms with Gasteiger partial charge in [-0.15, -0.1) is 24.8 Å². The van der Waals surface area contributed by atoms with Crippen molar-refractivity contribution in [2.75, 3.05) is 38.6 Å². The minimum absolute atomic E-state index is 0. The summed E-state index contributed by atoms with van der Waals surface area (Å²) in [5, 5.41) is 5.98. The molecule has 5 nitrogen and oxygen atoms in total. The van der Waals surface area contributed by atoms with E-state index in [1.165, 1.54) is 59.8 Å². The lowest BCUT2D eigenvalue weighted by molar-refractivity contribution is 0.337. The predicted octanol–water partition coefficient (Wildman–Crippen LogP) is 4.78. The number of hydrogen-bond donors (Lipinski definition) is 1. The van der Waals surface area contributed by atoms with Gasteiger partial charge in [0, 0.05) is 30.7 Å². The van der Waals surface area contributed by atoms with Crippen LogP contribution in [0.2, 0.25) is 0 Å². The highest BCUT2D eigenvalue weighted by molar-refractivity contribution is 6.14. The van der Waals surface area contributed by atoms with Crippen molar-refractivity contribution in [1.29, 1.82) is 0 Å². The van der Waals surface area contributed by atoms with Crippen LogP contribution in [0.4, 0.5) is 5.82 Å². The van der Waals surface area contributed by atoms with E-state index in [1.807, 2.05) is 12.3 Å². The first kappa shape index (κ1) is 22.6. The maximum absolute atomic E-state index is 5.45. The van der Waals surface area contributed by atoms with E-state index in [4.69, 9.17) is 9.72 Å². The zero-order chi connectivity index (χ0) is 18.1. The Morgan fingerprint density at radius 3 is 2.64 bits per heavy atom. The molecule has 3 heterocycles. The van der Waals surface area contributed by atoms with Crippen LogP contribution in [0.25, 0.3) is 21.8 Å². The molecule has 1 fully saturated rings. The van der Waals surface area contributed by atoms with Crippen LogP contribution in [-0.4, -0.2) is 47.7 Å². The molecule has 1 N–H and O–H groups in total. The Kier molecular flexibility index (Phi) is 7.81. The van der Waals surface area contributed by atoms with E-state index in [9.17, 15) is 0 Å². The van der Waals surface area contributed by atoms with Crippen molar-refractivity contribution in [2.24, 2.45) is 7.05 Å². The number of likely N-dealkylation sites (tertiary alicyclic amines) is 1. The molecule has 0 unspecified atom stereocenters. The van der Waals surface area contributed by atoms with Gasteiger partial charge in [-0.05, 0) is 69.6 Å². The number of aromatic nitrogens is 2. The van der Waals surface area contributed by atoms with Gasteiger partial charge in [-0.25, -0.2) is 4.98 Å². The van der Waals surface area contributed by atoms with E-state index in [0.29, 0.717) is 0 Å². The number of aryl methyl sites for hydroxylation is 2. The third-order valence-corrected chi connectivity index (χ3v) is 5.55. The monoisotopic (exact) mass is 424 g/mol. The molecule has 0 amide bonds. The Hall–Kier alpha value is -1.69. The van der Waals surface area contributed by atoms with Crippen molar-refractivity contribution < 1.29 is 4.74 Å². The fraction of sp³-hybridized carbons (Fsp3) is 0.476. The summed E-state index contributed by atoms with van der Waals surface area (Å²) in [6.45, 7) is 6.77. The normalized spacial score (nSPS) is 14.1. The smallest absolute Gasteiger partial charge is 0.136 e. The predicted molar refractivity (Wildman–Crippen MR) is 123 cm³/mol. The number of halogens is 2. The Morgan fingerprint density at radius 2 is 1.93 bits per heavy atom. The molecule has 0 radical (unpaired) electrons. The molecule has 1 saturated heterocycles. The van der Waals surface area contributed by atoms with Gasteiger partial charge in [-0.1, -0.05) is 0 Å². The van der Waals surface area contributed by atoms with Crippen LogP contribution in [0.3, 0.4) is 0 Å². The molecular formula is C21H30Cl2N4O. The molecule has 1 aliphatic rings. The Labute approximate surface area is 179 Å². The molecule has 0 spiro atoms. The number of fused-ring (bicyclic) bond motifs is 3. The third-order valence-electron chi connectivity index (χ3n) is 5.55. The minimum atomic E-state index is 0. The molecule has 1 aliphatic heterocycles. The Morgan fingerprint density at radius 1 is 1.18 bits per heavy atom. The third kappa shape index (κ3) is 4.17. The fourth-order valence-corrected chi connectivity index (χ4v) is 4.19.